The number of halogens is 4. The van der Waals surface area contributed by atoms with Gasteiger partial charge in [-0.15, -0.1) is 12.4 Å². The molecule has 0 fully saturated rings. The fourth-order valence-electron chi connectivity index (χ4n) is 3.29. The maximum absolute atomic E-state index is 13.4. The average molecular weight is 414 g/mol. The molecule has 1 amide bonds. The van der Waals surface area contributed by atoms with E-state index in [-0.39, 0.29) is 29.5 Å². The number of pyridine rings is 1. The van der Waals surface area contributed by atoms with Gasteiger partial charge in [-0.3, -0.25) is 9.78 Å². The van der Waals surface area contributed by atoms with E-state index in [1.807, 2.05) is 13.1 Å². The molecular weight excluding hydrogens is 391 g/mol. The normalized spacial score (nSPS) is 14.4. The first-order valence-corrected chi connectivity index (χ1v) is 8.84. The topological polar surface area (TPSA) is 45.2 Å². The van der Waals surface area contributed by atoms with E-state index >= 15 is 0 Å². The summed E-state index contributed by atoms with van der Waals surface area (Å²) in [6, 6.07) is 5.56. The van der Waals surface area contributed by atoms with Gasteiger partial charge in [-0.1, -0.05) is 19.9 Å². The number of alkyl halides is 3. The van der Waals surface area contributed by atoms with Crippen LogP contribution >= 0.6 is 12.4 Å². The average Bonchev–Trinajstić information content (AvgIpc) is 2.60. The van der Waals surface area contributed by atoms with Crippen LogP contribution in [0.4, 0.5) is 18.9 Å². The first-order chi connectivity index (χ1) is 12.6. The van der Waals surface area contributed by atoms with Crippen LogP contribution in [0.2, 0.25) is 0 Å². The van der Waals surface area contributed by atoms with Gasteiger partial charge in [0.1, 0.15) is 0 Å². The Morgan fingerprint density at radius 3 is 2.61 bits per heavy atom. The maximum atomic E-state index is 13.4. The molecule has 0 spiro atoms. The van der Waals surface area contributed by atoms with E-state index in [0.29, 0.717) is 5.69 Å². The number of hydrogen-bond acceptors (Lipinski definition) is 3. The highest BCUT2D eigenvalue weighted by Gasteiger charge is 2.34. The van der Waals surface area contributed by atoms with Gasteiger partial charge < -0.3 is 10.2 Å². The second-order valence-electron chi connectivity index (χ2n) is 7.23. The summed E-state index contributed by atoms with van der Waals surface area (Å²) >= 11 is 0. The van der Waals surface area contributed by atoms with E-state index in [2.05, 4.69) is 15.2 Å². The fraction of sp³-hybridized carbons (Fsp3) is 0.400. The molecule has 3 rings (SSSR count). The third-order valence-electron chi connectivity index (χ3n) is 4.73. The molecule has 0 aliphatic carbocycles. The second kappa shape index (κ2) is 8.49. The Morgan fingerprint density at radius 2 is 1.96 bits per heavy atom. The Kier molecular flexibility index (Phi) is 6.72. The fourth-order valence-corrected chi connectivity index (χ4v) is 3.29. The van der Waals surface area contributed by atoms with Crippen molar-refractivity contribution in [3.05, 3.63) is 58.4 Å². The smallest absolute Gasteiger partial charge is 0.321 e. The molecule has 1 aliphatic rings. The van der Waals surface area contributed by atoms with Crippen LogP contribution in [-0.4, -0.2) is 29.4 Å². The molecule has 4 nitrogen and oxygen atoms in total. The SMILES string of the molecule is CC(C)c1ccc(C(=O)Nc2cnc3c(c2)CN(C)CC3)cc1C(F)(F)F.Cl. The number of likely N-dealkylation sites (N-methyl/N-ethyl adjacent to an activating group) is 1. The molecule has 2 heterocycles. The predicted molar refractivity (Wildman–Crippen MR) is 105 cm³/mol. The minimum absolute atomic E-state index is 0. The number of benzene rings is 1. The lowest BCUT2D eigenvalue weighted by Crippen LogP contribution is -2.27. The molecule has 0 atom stereocenters. The summed E-state index contributed by atoms with van der Waals surface area (Å²) in [6.45, 7) is 5.04. The number of carbonyl (C=O) groups is 1. The monoisotopic (exact) mass is 413 g/mol. The Labute approximate surface area is 168 Å². The summed E-state index contributed by atoms with van der Waals surface area (Å²) in [7, 11) is 2.00. The van der Waals surface area contributed by atoms with Crippen molar-refractivity contribution in [3.63, 3.8) is 0 Å². The summed E-state index contributed by atoms with van der Waals surface area (Å²) in [4.78, 5) is 19.0. The zero-order valence-corrected chi connectivity index (χ0v) is 16.7. The first-order valence-electron chi connectivity index (χ1n) is 8.84. The number of rotatable bonds is 3. The number of hydrogen-bond donors (Lipinski definition) is 1. The number of aromatic nitrogens is 1. The number of nitrogens with one attached hydrogen (secondary N) is 1. The zero-order chi connectivity index (χ0) is 19.8. The van der Waals surface area contributed by atoms with E-state index in [1.165, 1.54) is 12.1 Å². The highest BCUT2D eigenvalue weighted by atomic mass is 35.5. The van der Waals surface area contributed by atoms with Crippen molar-refractivity contribution >= 4 is 24.0 Å². The minimum atomic E-state index is -4.51. The van der Waals surface area contributed by atoms with E-state index in [0.717, 1.165) is 36.8 Å². The molecule has 1 aliphatic heterocycles. The molecule has 0 bridgehead atoms. The molecule has 28 heavy (non-hydrogen) atoms. The van der Waals surface area contributed by atoms with Crippen molar-refractivity contribution in [3.8, 4) is 0 Å². The highest BCUT2D eigenvalue weighted by Crippen LogP contribution is 2.36. The van der Waals surface area contributed by atoms with Gasteiger partial charge in [0.05, 0.1) is 17.4 Å². The first kappa shape index (κ1) is 22.2. The number of amides is 1. The van der Waals surface area contributed by atoms with Crippen molar-refractivity contribution in [1.82, 2.24) is 9.88 Å². The summed E-state index contributed by atoms with van der Waals surface area (Å²) in [5.74, 6) is -0.873. The molecule has 1 N–H and O–H groups in total. The van der Waals surface area contributed by atoms with Gasteiger partial charge in [0.15, 0.2) is 0 Å². The summed E-state index contributed by atoms with van der Waals surface area (Å²) in [5.41, 5.74) is 1.88. The van der Waals surface area contributed by atoms with E-state index in [1.54, 1.807) is 20.0 Å². The largest absolute Gasteiger partial charge is 0.416 e. The van der Waals surface area contributed by atoms with Crippen LogP contribution < -0.4 is 5.32 Å². The van der Waals surface area contributed by atoms with Crippen LogP contribution in [0.3, 0.4) is 0 Å². The Hall–Kier alpha value is -2.12. The van der Waals surface area contributed by atoms with Gasteiger partial charge in [0.2, 0.25) is 0 Å². The van der Waals surface area contributed by atoms with E-state index in [9.17, 15) is 18.0 Å². The predicted octanol–water partition coefficient (Wildman–Crippen LogP) is 4.89. The Morgan fingerprint density at radius 1 is 1.25 bits per heavy atom. The molecule has 2 aromatic rings. The molecule has 1 aromatic heterocycles. The quantitative estimate of drug-likeness (QED) is 0.779. The number of nitrogens with zero attached hydrogens (tertiary/aromatic N) is 2. The van der Waals surface area contributed by atoms with Crippen molar-refractivity contribution in [1.29, 1.82) is 0 Å². The third kappa shape index (κ3) is 4.83. The lowest BCUT2D eigenvalue weighted by atomic mass is 9.94. The van der Waals surface area contributed by atoms with Crippen LogP contribution in [0, 0.1) is 0 Å². The van der Waals surface area contributed by atoms with Gasteiger partial charge in [0, 0.05) is 30.8 Å². The molecular formula is C20H23ClF3N3O. The van der Waals surface area contributed by atoms with Crippen LogP contribution in [0.1, 0.15) is 52.5 Å². The molecule has 1 aromatic carbocycles. The molecule has 8 heteroatoms. The number of anilines is 1. The molecule has 152 valence electrons. The minimum Gasteiger partial charge on any atom is -0.321 e. The number of fused-ring (bicyclic) bond motifs is 1. The third-order valence-corrected chi connectivity index (χ3v) is 4.73. The van der Waals surface area contributed by atoms with Crippen molar-refractivity contribution in [2.45, 2.75) is 38.9 Å². The van der Waals surface area contributed by atoms with Crippen molar-refractivity contribution in [2.24, 2.45) is 0 Å². The standard InChI is InChI=1S/C20H22F3N3O.ClH/c1-12(2)16-5-4-13(9-17(16)20(21,22)23)19(27)25-15-8-14-11-26(3)7-6-18(14)24-10-15;/h4-5,8-10,12H,6-7,11H2,1-3H3,(H,25,27);1H. The van der Waals surface area contributed by atoms with Crippen molar-refractivity contribution < 1.29 is 18.0 Å². The summed E-state index contributed by atoms with van der Waals surface area (Å²) in [5, 5.41) is 2.66. The summed E-state index contributed by atoms with van der Waals surface area (Å²) in [6.07, 6.45) is -2.12. The molecule has 0 radical (unpaired) electrons. The van der Waals surface area contributed by atoms with Gasteiger partial charge in [-0.25, -0.2) is 0 Å². The molecule has 0 unspecified atom stereocenters. The molecule has 0 saturated heterocycles. The van der Waals surface area contributed by atoms with Gasteiger partial charge in [-0.2, -0.15) is 13.2 Å². The van der Waals surface area contributed by atoms with Crippen LogP contribution in [0.15, 0.2) is 30.5 Å². The number of carbonyl (C=O) groups excluding carboxylic acids is 1. The highest BCUT2D eigenvalue weighted by molar-refractivity contribution is 6.04. The Balaban J connectivity index is 0.00000280. The van der Waals surface area contributed by atoms with Crippen LogP contribution in [0.25, 0.3) is 0 Å². The Bertz CT molecular complexity index is 868. The molecule has 0 saturated carbocycles. The van der Waals surface area contributed by atoms with Crippen molar-refractivity contribution in [2.75, 3.05) is 18.9 Å². The van der Waals surface area contributed by atoms with Crippen LogP contribution in [0.5, 0.6) is 0 Å². The van der Waals surface area contributed by atoms with Gasteiger partial charge in [-0.05, 0) is 42.3 Å². The van der Waals surface area contributed by atoms with E-state index < -0.39 is 17.6 Å². The van der Waals surface area contributed by atoms with Gasteiger partial charge in [0.25, 0.3) is 5.91 Å². The van der Waals surface area contributed by atoms with E-state index in [4.69, 9.17) is 0 Å². The van der Waals surface area contributed by atoms with Gasteiger partial charge >= 0.3 is 6.18 Å². The maximum Gasteiger partial charge on any atom is 0.416 e. The summed E-state index contributed by atoms with van der Waals surface area (Å²) < 4.78 is 40.1. The zero-order valence-electron chi connectivity index (χ0n) is 15.9. The lowest BCUT2D eigenvalue weighted by molar-refractivity contribution is -0.138. The lowest BCUT2D eigenvalue weighted by Gasteiger charge is -2.24. The van der Waals surface area contributed by atoms with Crippen LogP contribution in [-0.2, 0) is 19.1 Å². The second-order valence-corrected chi connectivity index (χ2v) is 7.23.